The third kappa shape index (κ3) is 2.01. The summed E-state index contributed by atoms with van der Waals surface area (Å²) in [6, 6.07) is 5.85. The van der Waals surface area contributed by atoms with Crippen molar-refractivity contribution in [1.29, 1.82) is 0 Å². The van der Waals surface area contributed by atoms with Gasteiger partial charge in [-0.1, -0.05) is 0 Å². The molecule has 0 aliphatic heterocycles. The van der Waals surface area contributed by atoms with Crippen LogP contribution >= 0.6 is 0 Å². The molecule has 0 atom stereocenters. The molecule has 2 aromatic rings. The number of benzene rings is 1. The van der Waals surface area contributed by atoms with Crippen LogP contribution in [0.5, 0.6) is 0 Å². The third-order valence-electron chi connectivity index (χ3n) is 2.52. The highest BCUT2D eigenvalue weighted by Crippen LogP contribution is 2.20. The smallest absolute Gasteiger partial charge is 0.336 e. The van der Waals surface area contributed by atoms with E-state index in [0.29, 0.717) is 16.5 Å². The van der Waals surface area contributed by atoms with Gasteiger partial charge in [-0.3, -0.25) is 9.59 Å². The molecule has 0 saturated heterocycles. The van der Waals surface area contributed by atoms with Gasteiger partial charge in [0.2, 0.25) is 0 Å². The number of Topliss-reactive ketones (excluding diaryl/α,β-unsaturated/α-hetero) is 2. The molecule has 0 aliphatic carbocycles. The highest BCUT2D eigenvalue weighted by atomic mass is 16.4. The Labute approximate surface area is 96.9 Å². The van der Waals surface area contributed by atoms with Gasteiger partial charge < -0.3 is 4.42 Å². The van der Waals surface area contributed by atoms with Gasteiger partial charge in [-0.15, -0.1) is 0 Å². The highest BCUT2D eigenvalue weighted by Gasteiger charge is 2.13. The van der Waals surface area contributed by atoms with Gasteiger partial charge in [0.25, 0.3) is 0 Å². The minimum Gasteiger partial charge on any atom is -0.423 e. The lowest BCUT2D eigenvalue weighted by atomic mass is 9.99. The van der Waals surface area contributed by atoms with Crippen molar-refractivity contribution >= 4 is 22.5 Å². The van der Waals surface area contributed by atoms with Crippen LogP contribution in [0, 0.1) is 0 Å². The lowest BCUT2D eigenvalue weighted by Crippen LogP contribution is -2.05. The quantitative estimate of drug-likeness (QED) is 0.586. The fourth-order valence-corrected chi connectivity index (χ4v) is 1.70. The molecule has 0 N–H and O–H groups in total. The maximum absolute atomic E-state index is 11.4. The van der Waals surface area contributed by atoms with Gasteiger partial charge in [0.1, 0.15) is 5.58 Å². The number of hydrogen-bond acceptors (Lipinski definition) is 4. The maximum atomic E-state index is 11.4. The van der Waals surface area contributed by atoms with Gasteiger partial charge in [-0.05, 0) is 32.0 Å². The van der Waals surface area contributed by atoms with Crippen LogP contribution in [0.25, 0.3) is 11.0 Å². The van der Waals surface area contributed by atoms with Gasteiger partial charge in [-0.2, -0.15) is 0 Å². The van der Waals surface area contributed by atoms with Crippen LogP contribution in [-0.2, 0) is 0 Å². The van der Waals surface area contributed by atoms with E-state index < -0.39 is 5.63 Å². The zero-order chi connectivity index (χ0) is 12.6. The first kappa shape index (κ1) is 11.3. The van der Waals surface area contributed by atoms with Gasteiger partial charge in [0, 0.05) is 22.6 Å². The summed E-state index contributed by atoms with van der Waals surface area (Å²) in [7, 11) is 0. The molecule has 4 nitrogen and oxygen atoms in total. The molecule has 2 rings (SSSR count). The van der Waals surface area contributed by atoms with Crippen LogP contribution in [0.3, 0.4) is 0 Å². The maximum Gasteiger partial charge on any atom is 0.336 e. The Morgan fingerprint density at radius 2 is 1.59 bits per heavy atom. The molecule has 4 heteroatoms. The normalized spacial score (nSPS) is 10.5. The third-order valence-corrected chi connectivity index (χ3v) is 2.52. The van der Waals surface area contributed by atoms with Gasteiger partial charge in [0.05, 0.1) is 0 Å². The van der Waals surface area contributed by atoms with Crippen molar-refractivity contribution in [2.45, 2.75) is 13.8 Å². The van der Waals surface area contributed by atoms with E-state index in [9.17, 15) is 14.4 Å². The standard InChI is InChI=1S/C13H10O4/c1-7(14)10-5-9-3-4-13(16)17-12(9)6-11(10)8(2)15/h3-6H,1-2H3. The number of ketones is 2. The predicted octanol–water partition coefficient (Wildman–Crippen LogP) is 2.20. The molecule has 17 heavy (non-hydrogen) atoms. The van der Waals surface area contributed by atoms with Gasteiger partial charge in [-0.25, -0.2) is 4.79 Å². The molecule has 1 heterocycles. The minimum atomic E-state index is -0.484. The summed E-state index contributed by atoms with van der Waals surface area (Å²) >= 11 is 0. The molecule has 0 amide bonds. The molecule has 0 aliphatic rings. The zero-order valence-electron chi connectivity index (χ0n) is 9.44. The Morgan fingerprint density at radius 1 is 1.00 bits per heavy atom. The summed E-state index contributed by atoms with van der Waals surface area (Å²) in [6.45, 7) is 2.77. The lowest BCUT2D eigenvalue weighted by molar-refractivity contribution is 0.0981. The van der Waals surface area contributed by atoms with E-state index in [4.69, 9.17) is 4.42 Å². The van der Waals surface area contributed by atoms with E-state index >= 15 is 0 Å². The molecule has 1 aromatic carbocycles. The Balaban J connectivity index is 2.86. The Bertz CT molecular complexity index is 679. The molecule has 86 valence electrons. The number of carbonyl (C=O) groups excluding carboxylic acids is 2. The van der Waals surface area contributed by atoms with Crippen molar-refractivity contribution in [1.82, 2.24) is 0 Å². The van der Waals surface area contributed by atoms with Crippen LogP contribution in [0.15, 0.2) is 33.5 Å². The van der Waals surface area contributed by atoms with Crippen molar-refractivity contribution in [3.05, 3.63) is 45.8 Å². The van der Waals surface area contributed by atoms with Crippen LogP contribution in [0.2, 0.25) is 0 Å². The first-order valence-electron chi connectivity index (χ1n) is 5.09. The molecule has 0 fully saturated rings. The summed E-state index contributed by atoms with van der Waals surface area (Å²) in [5, 5.41) is 0.625. The van der Waals surface area contributed by atoms with Gasteiger partial charge >= 0.3 is 5.63 Å². The minimum absolute atomic E-state index is 0.191. The molecule has 0 saturated carbocycles. The first-order chi connectivity index (χ1) is 7.99. The van der Waals surface area contributed by atoms with Crippen molar-refractivity contribution in [3.63, 3.8) is 0 Å². The second-order valence-electron chi connectivity index (χ2n) is 3.80. The highest BCUT2D eigenvalue weighted by molar-refractivity contribution is 6.10. The molecule has 0 unspecified atom stereocenters. The lowest BCUT2D eigenvalue weighted by Gasteiger charge is -2.05. The molecule has 0 bridgehead atoms. The van der Waals surface area contributed by atoms with Crippen LogP contribution in [0.1, 0.15) is 34.6 Å². The largest absolute Gasteiger partial charge is 0.423 e. The molecule has 0 radical (unpaired) electrons. The number of carbonyl (C=O) groups is 2. The topological polar surface area (TPSA) is 64.3 Å². The van der Waals surface area contributed by atoms with Crippen molar-refractivity contribution in [2.75, 3.05) is 0 Å². The number of fused-ring (bicyclic) bond motifs is 1. The second-order valence-corrected chi connectivity index (χ2v) is 3.80. The van der Waals surface area contributed by atoms with E-state index in [0.717, 1.165) is 0 Å². The summed E-state index contributed by atoms with van der Waals surface area (Å²) < 4.78 is 4.97. The average Bonchev–Trinajstić information content (AvgIpc) is 2.26. The molecular weight excluding hydrogens is 220 g/mol. The van der Waals surface area contributed by atoms with E-state index in [-0.39, 0.29) is 17.1 Å². The summed E-state index contributed by atoms with van der Waals surface area (Å²) in [6.07, 6.45) is 0. The molecule has 0 spiro atoms. The van der Waals surface area contributed by atoms with Gasteiger partial charge in [0.15, 0.2) is 11.6 Å². The van der Waals surface area contributed by atoms with Crippen LogP contribution in [-0.4, -0.2) is 11.6 Å². The molecular formula is C13H10O4. The summed E-state index contributed by atoms with van der Waals surface area (Å²) in [4.78, 5) is 33.9. The average molecular weight is 230 g/mol. The summed E-state index contributed by atoms with van der Waals surface area (Å²) in [5.41, 5.74) is 0.452. The SMILES string of the molecule is CC(=O)c1cc2ccc(=O)oc2cc1C(C)=O. The van der Waals surface area contributed by atoms with Crippen LogP contribution in [0.4, 0.5) is 0 Å². The fraction of sp³-hybridized carbons (Fsp3) is 0.154. The first-order valence-corrected chi connectivity index (χ1v) is 5.09. The Kier molecular flexibility index (Phi) is 2.63. The van der Waals surface area contributed by atoms with E-state index in [1.807, 2.05) is 0 Å². The monoisotopic (exact) mass is 230 g/mol. The van der Waals surface area contributed by atoms with Crippen molar-refractivity contribution in [2.24, 2.45) is 0 Å². The molecule has 1 aromatic heterocycles. The predicted molar refractivity (Wildman–Crippen MR) is 62.5 cm³/mol. The fourth-order valence-electron chi connectivity index (χ4n) is 1.70. The zero-order valence-corrected chi connectivity index (χ0v) is 9.44. The number of rotatable bonds is 2. The Hall–Kier alpha value is -2.23. The van der Waals surface area contributed by atoms with Crippen molar-refractivity contribution in [3.8, 4) is 0 Å². The van der Waals surface area contributed by atoms with E-state index in [2.05, 4.69) is 0 Å². The second kappa shape index (κ2) is 3.97. The number of hydrogen-bond donors (Lipinski definition) is 0. The van der Waals surface area contributed by atoms with Crippen LogP contribution < -0.4 is 5.63 Å². The van der Waals surface area contributed by atoms with E-state index in [1.54, 1.807) is 12.1 Å². The summed E-state index contributed by atoms with van der Waals surface area (Å²) in [5.74, 6) is -0.424. The Morgan fingerprint density at radius 3 is 2.18 bits per heavy atom. The van der Waals surface area contributed by atoms with Crippen molar-refractivity contribution < 1.29 is 14.0 Å². The van der Waals surface area contributed by atoms with E-state index in [1.165, 1.54) is 26.0 Å².